The summed E-state index contributed by atoms with van der Waals surface area (Å²) in [6.07, 6.45) is 1.12. The molecule has 1 aliphatic rings. The Morgan fingerprint density at radius 3 is 2.57 bits per heavy atom. The van der Waals surface area contributed by atoms with E-state index >= 15 is 0 Å². The van der Waals surface area contributed by atoms with E-state index in [9.17, 15) is 9.59 Å². The lowest BCUT2D eigenvalue weighted by Crippen LogP contribution is -2.51. The fraction of sp³-hybridized carbons (Fsp3) is 0.500. The molecule has 1 heterocycles. The first-order valence-electron chi connectivity index (χ1n) is 7.22. The average Bonchev–Trinajstić information content (AvgIpc) is 2.48. The van der Waals surface area contributed by atoms with Gasteiger partial charge in [-0.15, -0.1) is 0 Å². The molecule has 0 spiro atoms. The number of benzene rings is 1. The highest BCUT2D eigenvalue weighted by Gasteiger charge is 2.28. The molecule has 2 rings (SSSR count). The maximum absolute atomic E-state index is 12.3. The van der Waals surface area contributed by atoms with Crippen molar-refractivity contribution >= 4 is 11.9 Å². The fourth-order valence-corrected chi connectivity index (χ4v) is 2.49. The highest BCUT2D eigenvalue weighted by Crippen LogP contribution is 2.16. The minimum atomic E-state index is -0.936. The van der Waals surface area contributed by atoms with Crippen molar-refractivity contribution in [2.75, 3.05) is 13.2 Å². The summed E-state index contributed by atoms with van der Waals surface area (Å²) in [6, 6.07) is 6.77. The Balaban J connectivity index is 1.90. The number of carbonyl (C=O) groups is 2. The van der Waals surface area contributed by atoms with E-state index < -0.39 is 5.97 Å². The fourth-order valence-electron chi connectivity index (χ4n) is 2.49. The Labute approximate surface area is 124 Å². The third-order valence-corrected chi connectivity index (χ3v) is 4.03. The molecule has 1 amide bonds. The number of carbonyl (C=O) groups excluding carboxylic acids is 1. The van der Waals surface area contributed by atoms with E-state index in [1.165, 1.54) is 0 Å². The standard InChI is InChI=1S/C16H21NO4/c1-11-12(2)21-10-9-17(11)15(18)8-5-13-3-6-14(7-4-13)16(19)20/h3-4,6-7,11-12H,5,8-10H2,1-2H3,(H,19,20)/t11-,12-/m0/s1. The lowest BCUT2D eigenvalue weighted by atomic mass is 10.1. The molecule has 2 atom stereocenters. The predicted octanol–water partition coefficient (Wildman–Crippen LogP) is 1.95. The van der Waals surface area contributed by atoms with Gasteiger partial charge in [-0.1, -0.05) is 12.1 Å². The summed E-state index contributed by atoms with van der Waals surface area (Å²) in [6.45, 7) is 5.21. The third-order valence-electron chi connectivity index (χ3n) is 4.03. The molecule has 5 nitrogen and oxygen atoms in total. The van der Waals surface area contributed by atoms with Gasteiger partial charge in [0.25, 0.3) is 0 Å². The van der Waals surface area contributed by atoms with E-state index in [2.05, 4.69) is 0 Å². The normalized spacial score (nSPS) is 22.1. The molecule has 1 aliphatic heterocycles. The van der Waals surface area contributed by atoms with Gasteiger partial charge in [0.15, 0.2) is 0 Å². The zero-order chi connectivity index (χ0) is 15.4. The molecule has 114 valence electrons. The number of aromatic carboxylic acids is 1. The second-order valence-corrected chi connectivity index (χ2v) is 5.41. The van der Waals surface area contributed by atoms with Crippen molar-refractivity contribution in [3.63, 3.8) is 0 Å². The van der Waals surface area contributed by atoms with Crippen molar-refractivity contribution in [3.8, 4) is 0 Å². The van der Waals surface area contributed by atoms with Crippen LogP contribution in [-0.4, -0.2) is 47.2 Å². The predicted molar refractivity (Wildman–Crippen MR) is 78.3 cm³/mol. The molecule has 5 heteroatoms. The van der Waals surface area contributed by atoms with E-state index in [-0.39, 0.29) is 23.6 Å². The minimum Gasteiger partial charge on any atom is -0.478 e. The number of morpholine rings is 1. The Morgan fingerprint density at radius 1 is 1.29 bits per heavy atom. The number of aryl methyl sites for hydroxylation is 1. The van der Waals surface area contributed by atoms with Gasteiger partial charge in [0.05, 0.1) is 24.3 Å². The summed E-state index contributed by atoms with van der Waals surface area (Å²) in [5.74, 6) is -0.811. The van der Waals surface area contributed by atoms with Crippen LogP contribution in [0.25, 0.3) is 0 Å². The van der Waals surface area contributed by atoms with Crippen LogP contribution in [0.15, 0.2) is 24.3 Å². The number of amides is 1. The summed E-state index contributed by atoms with van der Waals surface area (Å²) in [4.78, 5) is 24.9. The molecule has 21 heavy (non-hydrogen) atoms. The summed E-state index contributed by atoms with van der Waals surface area (Å²) in [7, 11) is 0. The van der Waals surface area contributed by atoms with Crippen LogP contribution in [0.1, 0.15) is 36.2 Å². The minimum absolute atomic E-state index is 0.0672. The van der Waals surface area contributed by atoms with Gasteiger partial charge in [-0.05, 0) is 38.0 Å². The van der Waals surface area contributed by atoms with Crippen LogP contribution in [0.2, 0.25) is 0 Å². The first-order valence-corrected chi connectivity index (χ1v) is 7.22. The smallest absolute Gasteiger partial charge is 0.335 e. The van der Waals surface area contributed by atoms with Crippen LogP contribution in [0.4, 0.5) is 0 Å². The van der Waals surface area contributed by atoms with Gasteiger partial charge in [-0.25, -0.2) is 4.79 Å². The highest BCUT2D eigenvalue weighted by molar-refractivity contribution is 5.87. The van der Waals surface area contributed by atoms with Gasteiger partial charge in [0, 0.05) is 13.0 Å². The molecule has 1 saturated heterocycles. The molecule has 0 bridgehead atoms. The SMILES string of the molecule is C[C@@H]1OCCN(C(=O)CCc2ccc(C(=O)O)cc2)[C@H]1C. The Bertz CT molecular complexity index is 512. The summed E-state index contributed by atoms with van der Waals surface area (Å²) in [5, 5.41) is 8.85. The molecule has 1 aromatic carbocycles. The highest BCUT2D eigenvalue weighted by atomic mass is 16.5. The third kappa shape index (κ3) is 3.82. The maximum atomic E-state index is 12.3. The molecule has 0 radical (unpaired) electrons. The molecule has 0 aliphatic carbocycles. The van der Waals surface area contributed by atoms with Crippen LogP contribution in [0, 0.1) is 0 Å². The zero-order valence-corrected chi connectivity index (χ0v) is 12.4. The first-order chi connectivity index (χ1) is 9.99. The molecule has 0 unspecified atom stereocenters. The van der Waals surface area contributed by atoms with Gasteiger partial charge in [-0.3, -0.25) is 4.79 Å². The zero-order valence-electron chi connectivity index (χ0n) is 12.4. The number of carboxylic acid groups (broad SMARTS) is 1. The molecule has 0 aromatic heterocycles. The largest absolute Gasteiger partial charge is 0.478 e. The molecular formula is C16H21NO4. The van der Waals surface area contributed by atoms with E-state index in [0.717, 1.165) is 5.56 Å². The molecule has 1 aromatic rings. The van der Waals surface area contributed by atoms with Gasteiger partial charge in [0.2, 0.25) is 5.91 Å². The molecule has 1 fully saturated rings. The number of hydrogen-bond donors (Lipinski definition) is 1. The summed E-state index contributed by atoms with van der Waals surface area (Å²) in [5.41, 5.74) is 1.24. The Kier molecular flexibility index (Phi) is 4.96. The lowest BCUT2D eigenvalue weighted by molar-refractivity contribution is -0.143. The van der Waals surface area contributed by atoms with Crippen LogP contribution in [-0.2, 0) is 16.0 Å². The number of rotatable bonds is 4. The average molecular weight is 291 g/mol. The quantitative estimate of drug-likeness (QED) is 0.920. The summed E-state index contributed by atoms with van der Waals surface area (Å²) >= 11 is 0. The van der Waals surface area contributed by atoms with Crippen molar-refractivity contribution in [2.45, 2.75) is 38.8 Å². The van der Waals surface area contributed by atoms with Crippen LogP contribution in [0.3, 0.4) is 0 Å². The monoisotopic (exact) mass is 291 g/mol. The van der Waals surface area contributed by atoms with Crippen LogP contribution < -0.4 is 0 Å². The van der Waals surface area contributed by atoms with Crippen LogP contribution in [0.5, 0.6) is 0 Å². The first kappa shape index (κ1) is 15.5. The van der Waals surface area contributed by atoms with Gasteiger partial charge >= 0.3 is 5.97 Å². The maximum Gasteiger partial charge on any atom is 0.335 e. The van der Waals surface area contributed by atoms with E-state index in [0.29, 0.717) is 26.0 Å². The van der Waals surface area contributed by atoms with E-state index in [1.54, 1.807) is 24.3 Å². The summed E-state index contributed by atoms with van der Waals surface area (Å²) < 4.78 is 5.52. The number of ether oxygens (including phenoxy) is 1. The van der Waals surface area contributed by atoms with Crippen molar-refractivity contribution < 1.29 is 19.4 Å². The van der Waals surface area contributed by atoms with Crippen molar-refractivity contribution in [1.82, 2.24) is 4.90 Å². The van der Waals surface area contributed by atoms with E-state index in [4.69, 9.17) is 9.84 Å². The molecule has 0 saturated carbocycles. The molecular weight excluding hydrogens is 270 g/mol. The lowest BCUT2D eigenvalue weighted by Gasteiger charge is -2.38. The van der Waals surface area contributed by atoms with Crippen molar-refractivity contribution in [2.24, 2.45) is 0 Å². The van der Waals surface area contributed by atoms with Gasteiger partial charge in [-0.2, -0.15) is 0 Å². The number of nitrogens with zero attached hydrogens (tertiary/aromatic N) is 1. The van der Waals surface area contributed by atoms with Crippen LogP contribution >= 0.6 is 0 Å². The number of hydrogen-bond acceptors (Lipinski definition) is 3. The number of carboxylic acids is 1. The second-order valence-electron chi connectivity index (χ2n) is 5.41. The van der Waals surface area contributed by atoms with Crippen molar-refractivity contribution in [3.05, 3.63) is 35.4 Å². The van der Waals surface area contributed by atoms with Crippen molar-refractivity contribution in [1.29, 1.82) is 0 Å². The second kappa shape index (κ2) is 6.72. The Morgan fingerprint density at radius 2 is 1.95 bits per heavy atom. The Hall–Kier alpha value is -1.88. The van der Waals surface area contributed by atoms with Gasteiger partial charge < -0.3 is 14.7 Å². The molecule has 1 N–H and O–H groups in total. The van der Waals surface area contributed by atoms with Gasteiger partial charge in [0.1, 0.15) is 0 Å². The van der Waals surface area contributed by atoms with E-state index in [1.807, 2.05) is 18.7 Å². The topological polar surface area (TPSA) is 66.8 Å².